The average Bonchev–Trinajstić information content (AvgIpc) is 3.01. The Labute approximate surface area is 170 Å². The molecule has 1 aromatic heterocycles. The number of rotatable bonds is 4. The van der Waals surface area contributed by atoms with Gasteiger partial charge in [-0.15, -0.1) is 0 Å². The summed E-state index contributed by atoms with van der Waals surface area (Å²) in [6.45, 7) is 5.98. The second kappa shape index (κ2) is 8.22. The van der Waals surface area contributed by atoms with Crippen LogP contribution in [0.25, 0.3) is 5.69 Å². The SMILES string of the molecule is COC(=O)N(C)c1ccc(NC(=O)c2cc(C)n(-c3cccc(C)c3)c2C)cc1. The molecule has 0 aliphatic heterocycles. The number of hydrogen-bond donors (Lipinski definition) is 1. The number of anilines is 2. The number of nitrogens with zero attached hydrogens (tertiary/aromatic N) is 2. The molecule has 2 aromatic carbocycles. The molecule has 0 unspecified atom stereocenters. The lowest BCUT2D eigenvalue weighted by Gasteiger charge is -2.16. The highest BCUT2D eigenvalue weighted by Crippen LogP contribution is 2.23. The molecule has 0 atom stereocenters. The van der Waals surface area contributed by atoms with Crippen LogP contribution in [0.15, 0.2) is 54.6 Å². The fraction of sp³-hybridized carbons (Fsp3) is 0.217. The van der Waals surface area contributed by atoms with Gasteiger partial charge >= 0.3 is 6.09 Å². The van der Waals surface area contributed by atoms with Crippen LogP contribution in [0.1, 0.15) is 27.3 Å². The minimum atomic E-state index is -0.453. The van der Waals surface area contributed by atoms with Gasteiger partial charge in [0.25, 0.3) is 5.91 Å². The van der Waals surface area contributed by atoms with Gasteiger partial charge in [-0.25, -0.2) is 4.79 Å². The van der Waals surface area contributed by atoms with Gasteiger partial charge in [-0.2, -0.15) is 0 Å². The van der Waals surface area contributed by atoms with Crippen molar-refractivity contribution >= 4 is 23.4 Å². The van der Waals surface area contributed by atoms with Crippen molar-refractivity contribution in [1.82, 2.24) is 4.57 Å². The predicted molar refractivity (Wildman–Crippen MR) is 115 cm³/mol. The molecule has 1 heterocycles. The summed E-state index contributed by atoms with van der Waals surface area (Å²) in [6, 6.07) is 17.1. The molecule has 2 amide bonds. The van der Waals surface area contributed by atoms with Gasteiger partial charge in [0, 0.05) is 35.5 Å². The van der Waals surface area contributed by atoms with Crippen molar-refractivity contribution in [3.63, 3.8) is 0 Å². The quantitative estimate of drug-likeness (QED) is 0.691. The fourth-order valence-corrected chi connectivity index (χ4v) is 3.37. The molecule has 0 aliphatic carbocycles. The Hall–Kier alpha value is -3.54. The number of aryl methyl sites for hydroxylation is 2. The summed E-state index contributed by atoms with van der Waals surface area (Å²) in [5, 5.41) is 2.92. The van der Waals surface area contributed by atoms with Crippen molar-refractivity contribution in [3.05, 3.63) is 77.1 Å². The van der Waals surface area contributed by atoms with Crippen LogP contribution in [0.5, 0.6) is 0 Å². The van der Waals surface area contributed by atoms with Crippen LogP contribution in [0.2, 0.25) is 0 Å². The van der Waals surface area contributed by atoms with Gasteiger partial charge in [-0.1, -0.05) is 12.1 Å². The number of methoxy groups -OCH3 is 1. The smallest absolute Gasteiger partial charge is 0.413 e. The first kappa shape index (κ1) is 20.2. The molecule has 0 spiro atoms. The second-order valence-corrected chi connectivity index (χ2v) is 6.99. The van der Waals surface area contributed by atoms with Crippen molar-refractivity contribution < 1.29 is 14.3 Å². The van der Waals surface area contributed by atoms with E-state index in [0.29, 0.717) is 16.9 Å². The molecule has 0 saturated carbocycles. The lowest BCUT2D eigenvalue weighted by Crippen LogP contribution is -2.25. The first-order valence-corrected chi connectivity index (χ1v) is 9.31. The molecule has 3 aromatic rings. The van der Waals surface area contributed by atoms with Crippen LogP contribution < -0.4 is 10.2 Å². The number of amides is 2. The van der Waals surface area contributed by atoms with E-state index in [1.165, 1.54) is 12.0 Å². The molecule has 0 fully saturated rings. The molecule has 0 radical (unpaired) electrons. The number of benzene rings is 2. The highest BCUT2D eigenvalue weighted by atomic mass is 16.5. The van der Waals surface area contributed by atoms with Gasteiger partial charge in [0.05, 0.1) is 12.7 Å². The maximum Gasteiger partial charge on any atom is 0.413 e. The zero-order chi connectivity index (χ0) is 21.1. The highest BCUT2D eigenvalue weighted by molar-refractivity contribution is 6.05. The van der Waals surface area contributed by atoms with E-state index in [9.17, 15) is 9.59 Å². The summed E-state index contributed by atoms with van der Waals surface area (Å²) in [6.07, 6.45) is -0.453. The topological polar surface area (TPSA) is 63.6 Å². The summed E-state index contributed by atoms with van der Waals surface area (Å²) in [5.74, 6) is -0.175. The Morgan fingerprint density at radius 3 is 2.31 bits per heavy atom. The van der Waals surface area contributed by atoms with E-state index in [0.717, 1.165) is 22.6 Å². The summed E-state index contributed by atoms with van der Waals surface area (Å²) < 4.78 is 6.78. The summed E-state index contributed by atoms with van der Waals surface area (Å²) in [5.41, 5.74) is 6.03. The van der Waals surface area contributed by atoms with Crippen LogP contribution in [-0.2, 0) is 4.74 Å². The van der Waals surface area contributed by atoms with Gasteiger partial charge in [-0.05, 0) is 68.8 Å². The van der Waals surface area contributed by atoms with Crippen molar-refractivity contribution in [2.24, 2.45) is 0 Å². The summed E-state index contributed by atoms with van der Waals surface area (Å²) in [7, 11) is 2.96. The van der Waals surface area contributed by atoms with Crippen LogP contribution in [0.3, 0.4) is 0 Å². The Kier molecular flexibility index (Phi) is 5.73. The molecule has 6 heteroatoms. The number of carbonyl (C=O) groups is 2. The molecule has 0 saturated heterocycles. The van der Waals surface area contributed by atoms with Crippen molar-refractivity contribution in [2.75, 3.05) is 24.4 Å². The molecule has 6 nitrogen and oxygen atoms in total. The molecule has 0 aliphatic rings. The lowest BCUT2D eigenvalue weighted by molar-refractivity contribution is 0.102. The first-order chi connectivity index (χ1) is 13.8. The Morgan fingerprint density at radius 1 is 1.00 bits per heavy atom. The number of aromatic nitrogens is 1. The van der Waals surface area contributed by atoms with Gasteiger partial charge in [0.1, 0.15) is 0 Å². The van der Waals surface area contributed by atoms with Crippen molar-refractivity contribution in [1.29, 1.82) is 0 Å². The second-order valence-electron chi connectivity index (χ2n) is 6.99. The van der Waals surface area contributed by atoms with E-state index in [4.69, 9.17) is 4.74 Å². The third-order valence-corrected chi connectivity index (χ3v) is 4.90. The van der Waals surface area contributed by atoms with Crippen molar-refractivity contribution in [2.45, 2.75) is 20.8 Å². The van der Waals surface area contributed by atoms with E-state index in [1.807, 2.05) is 45.0 Å². The molecule has 1 N–H and O–H groups in total. The Bertz CT molecular complexity index is 1050. The predicted octanol–water partition coefficient (Wildman–Crippen LogP) is 4.86. The number of nitrogens with one attached hydrogen (secondary N) is 1. The molecule has 3 rings (SSSR count). The van der Waals surface area contributed by atoms with Gasteiger partial charge in [0.2, 0.25) is 0 Å². The largest absolute Gasteiger partial charge is 0.452 e. The highest BCUT2D eigenvalue weighted by Gasteiger charge is 2.17. The average molecular weight is 391 g/mol. The monoisotopic (exact) mass is 391 g/mol. The van der Waals surface area contributed by atoms with E-state index < -0.39 is 6.09 Å². The van der Waals surface area contributed by atoms with Gasteiger partial charge in [0.15, 0.2) is 0 Å². The Balaban J connectivity index is 1.81. The van der Waals surface area contributed by atoms with Crippen LogP contribution >= 0.6 is 0 Å². The van der Waals surface area contributed by atoms with Crippen molar-refractivity contribution in [3.8, 4) is 5.69 Å². The summed E-state index contributed by atoms with van der Waals surface area (Å²) >= 11 is 0. The molecule has 0 bridgehead atoms. The minimum Gasteiger partial charge on any atom is -0.452 e. The standard InChI is InChI=1S/C23H25N3O3/c1-15-7-6-8-20(13-15)26-16(2)14-21(17(26)3)22(27)24-18-9-11-19(12-10-18)25(4)23(28)29-5/h6-14H,1-5H3,(H,24,27). The van der Waals surface area contributed by atoms with Gasteiger partial charge in [-0.3, -0.25) is 9.69 Å². The van der Waals surface area contributed by atoms with Crippen LogP contribution in [-0.4, -0.2) is 30.7 Å². The first-order valence-electron chi connectivity index (χ1n) is 9.31. The minimum absolute atomic E-state index is 0.175. The molecular weight excluding hydrogens is 366 g/mol. The third-order valence-electron chi connectivity index (χ3n) is 4.90. The maximum absolute atomic E-state index is 12.9. The van der Waals surface area contributed by atoms with E-state index in [-0.39, 0.29) is 5.91 Å². The van der Waals surface area contributed by atoms with E-state index in [2.05, 4.69) is 16.0 Å². The summed E-state index contributed by atoms with van der Waals surface area (Å²) in [4.78, 5) is 25.9. The molecule has 150 valence electrons. The van der Waals surface area contributed by atoms with E-state index in [1.54, 1.807) is 31.3 Å². The van der Waals surface area contributed by atoms with Crippen LogP contribution in [0.4, 0.5) is 16.2 Å². The van der Waals surface area contributed by atoms with Gasteiger partial charge < -0.3 is 14.6 Å². The van der Waals surface area contributed by atoms with Crippen LogP contribution in [0, 0.1) is 20.8 Å². The molecular formula is C23H25N3O3. The molecule has 29 heavy (non-hydrogen) atoms. The number of carbonyl (C=O) groups excluding carboxylic acids is 2. The fourth-order valence-electron chi connectivity index (χ4n) is 3.37. The maximum atomic E-state index is 12.9. The lowest BCUT2D eigenvalue weighted by atomic mass is 10.2. The number of ether oxygens (including phenoxy) is 1. The zero-order valence-corrected chi connectivity index (χ0v) is 17.3. The zero-order valence-electron chi connectivity index (χ0n) is 17.3. The number of hydrogen-bond acceptors (Lipinski definition) is 3. The van der Waals surface area contributed by atoms with E-state index >= 15 is 0 Å². The third kappa shape index (κ3) is 4.16. The normalized spacial score (nSPS) is 10.5. The Morgan fingerprint density at radius 2 is 1.69 bits per heavy atom.